The highest BCUT2D eigenvalue weighted by Crippen LogP contribution is 2.39. The van der Waals surface area contributed by atoms with Crippen LogP contribution in [-0.4, -0.2) is 254 Å². The van der Waals surface area contributed by atoms with Gasteiger partial charge in [-0.25, -0.2) is 4.79 Å². The number of azide groups is 1. The number of aliphatic hydroxyl groups is 11. The third kappa shape index (κ3) is 12.2. The maximum absolute atomic E-state index is 13.0. The van der Waals surface area contributed by atoms with Gasteiger partial charge in [-0.15, -0.1) is 0 Å². The van der Waals surface area contributed by atoms with Crippen LogP contribution < -0.4 is 10.6 Å². The molecule has 0 unspecified atom stereocenters. The lowest BCUT2D eigenvalue weighted by atomic mass is 9.88. The van der Waals surface area contributed by atoms with Crippen LogP contribution in [-0.2, 0) is 57.0 Å². The molecule has 4 aliphatic heterocycles. The van der Waals surface area contributed by atoms with Crippen molar-refractivity contribution >= 4 is 17.8 Å². The number of aliphatic hydroxyl groups excluding tert-OH is 11. The number of carboxylic acid groups (broad SMARTS) is 1. The summed E-state index contributed by atoms with van der Waals surface area (Å²) in [6.07, 6.45) is -35.6. The molecule has 0 saturated carbocycles. The van der Waals surface area contributed by atoms with E-state index in [1.807, 2.05) is 0 Å². The molecule has 4 aliphatic rings. The van der Waals surface area contributed by atoms with Crippen LogP contribution in [0.25, 0.3) is 10.4 Å². The van der Waals surface area contributed by atoms with E-state index < -0.39 is 172 Å². The second-order valence-corrected chi connectivity index (χ2v) is 15.1. The highest BCUT2D eigenvalue weighted by atomic mass is 16.8. The molecule has 4 saturated heterocycles. The van der Waals surface area contributed by atoms with Crippen LogP contribution in [0.3, 0.4) is 0 Å². The molecule has 0 aromatic heterocycles. The van der Waals surface area contributed by atoms with Gasteiger partial charge in [-0.2, -0.15) is 0 Å². The van der Waals surface area contributed by atoms with Crippen LogP contribution in [0, 0.1) is 0 Å². The number of nitrogens with one attached hydrogen (secondary N) is 2. The first-order valence-corrected chi connectivity index (χ1v) is 19.6. The van der Waals surface area contributed by atoms with Crippen LogP contribution in [0.2, 0.25) is 0 Å². The number of aliphatic carboxylic acids is 1. The Balaban J connectivity index is 1.76. The van der Waals surface area contributed by atoms with Gasteiger partial charge in [-0.05, 0) is 5.53 Å². The first kappa shape index (κ1) is 52.5. The van der Waals surface area contributed by atoms with Crippen molar-refractivity contribution in [3.8, 4) is 0 Å². The zero-order chi connectivity index (χ0) is 46.9. The number of rotatable bonds is 20. The normalized spacial score (nSPS) is 41.7. The minimum atomic E-state index is -3.15. The number of ether oxygens (including phenoxy) is 9. The predicted molar refractivity (Wildman–Crippen MR) is 197 cm³/mol. The molecule has 29 heteroatoms. The van der Waals surface area contributed by atoms with Crippen LogP contribution in [0.4, 0.5) is 0 Å². The summed E-state index contributed by atoms with van der Waals surface area (Å²) >= 11 is 0. The van der Waals surface area contributed by atoms with E-state index >= 15 is 0 Å². The number of carboxylic acids is 1. The van der Waals surface area contributed by atoms with E-state index in [2.05, 4.69) is 20.7 Å². The van der Waals surface area contributed by atoms with Gasteiger partial charge in [0.15, 0.2) is 18.9 Å². The lowest BCUT2D eigenvalue weighted by Gasteiger charge is -2.51. The second kappa shape index (κ2) is 23.4. The Kier molecular flexibility index (Phi) is 19.5. The van der Waals surface area contributed by atoms with Crippen molar-refractivity contribution in [1.29, 1.82) is 0 Å². The molecule has 0 radical (unpaired) electrons. The molecule has 0 aliphatic carbocycles. The average molecular weight is 920 g/mol. The number of carbonyl (C=O) groups is 3. The van der Waals surface area contributed by atoms with E-state index in [1.54, 1.807) is 0 Å². The van der Waals surface area contributed by atoms with Crippen molar-refractivity contribution in [3.05, 3.63) is 10.4 Å². The molecule has 0 bridgehead atoms. The molecule has 4 rings (SSSR count). The first-order chi connectivity index (χ1) is 29.8. The molecule has 4 heterocycles. The molecule has 362 valence electrons. The van der Waals surface area contributed by atoms with Gasteiger partial charge < -0.3 is 115 Å². The predicted octanol–water partition coefficient (Wildman–Crippen LogP) is -8.27. The summed E-state index contributed by atoms with van der Waals surface area (Å²) in [6, 6.07) is -3.17. The molecule has 0 spiro atoms. The lowest BCUT2D eigenvalue weighted by Crippen LogP contribution is -2.71. The van der Waals surface area contributed by atoms with E-state index in [0.29, 0.717) is 0 Å². The highest BCUT2D eigenvalue weighted by Gasteiger charge is 2.61. The molecule has 0 aromatic rings. The van der Waals surface area contributed by atoms with E-state index in [1.165, 1.54) is 7.11 Å². The van der Waals surface area contributed by atoms with Crippen molar-refractivity contribution in [2.24, 2.45) is 5.11 Å². The van der Waals surface area contributed by atoms with Gasteiger partial charge in [-0.1, -0.05) is 5.11 Å². The number of methoxy groups -OCH3 is 1. The van der Waals surface area contributed by atoms with Crippen LogP contribution in [0.5, 0.6) is 0 Å². The Morgan fingerprint density at radius 1 is 0.794 bits per heavy atom. The van der Waals surface area contributed by atoms with Gasteiger partial charge in [0.2, 0.25) is 11.8 Å². The number of carbonyl (C=O) groups excluding carboxylic acids is 2. The number of amides is 2. The van der Waals surface area contributed by atoms with Crippen LogP contribution in [0.1, 0.15) is 20.3 Å². The summed E-state index contributed by atoms with van der Waals surface area (Å²) in [6.45, 7) is -1.99. The fourth-order valence-corrected chi connectivity index (χ4v) is 7.58. The minimum absolute atomic E-state index is 0.256. The Hall–Kier alpha value is -3.08. The van der Waals surface area contributed by atoms with E-state index in [-0.39, 0.29) is 19.8 Å². The quantitative estimate of drug-likeness (QED) is 0.0233. The highest BCUT2D eigenvalue weighted by molar-refractivity contribution is 5.76. The molecule has 21 atom stereocenters. The topological polar surface area (TPSA) is 450 Å². The van der Waals surface area contributed by atoms with Crippen molar-refractivity contribution in [2.45, 2.75) is 149 Å². The average Bonchev–Trinajstić information content (AvgIpc) is 3.24. The van der Waals surface area contributed by atoms with Crippen molar-refractivity contribution < 1.29 is 118 Å². The Bertz CT molecular complexity index is 1550. The standard InChI is InChI=1S/C34H57N5O24/c1-11(43)37-18-13(45)6-34(33(53)54,62-27(18)20(47)14(46)7-40)63-29-22(49)15(8-41)57-32(25(29)52)60-26-16(9-42)58-30(56-5-4-36-39-35)19(38-12(2)44)28(26)61-31-24(51)23(50)21(48)17(59-31)10-55-3/h13-32,40-42,45-52H,4-10H2,1-3H3,(H,37,43)(H,38,44)(H,53,54)/t13-,14+,15+,16+,17-,18+,19+,20+,21+,22-,23+,24-,25+,26+,27+,28+,29-,30+,31-,32-,34-/m0/s1. The molecule has 4 fully saturated rings. The van der Waals surface area contributed by atoms with Gasteiger partial charge in [0.05, 0.1) is 45.2 Å². The van der Waals surface area contributed by atoms with Gasteiger partial charge >= 0.3 is 5.97 Å². The molecule has 29 nitrogen and oxygen atoms in total. The summed E-state index contributed by atoms with van der Waals surface area (Å²) in [7, 11) is 1.25. The van der Waals surface area contributed by atoms with E-state index in [9.17, 15) is 75.7 Å². The maximum atomic E-state index is 13.0. The van der Waals surface area contributed by atoms with Crippen LogP contribution in [0.15, 0.2) is 5.11 Å². The zero-order valence-corrected chi connectivity index (χ0v) is 34.1. The Morgan fingerprint density at radius 2 is 1.38 bits per heavy atom. The first-order valence-electron chi connectivity index (χ1n) is 19.6. The fraction of sp³-hybridized carbons (Fsp3) is 0.912. The van der Waals surface area contributed by atoms with Crippen LogP contribution >= 0.6 is 0 Å². The Morgan fingerprint density at radius 3 is 1.95 bits per heavy atom. The van der Waals surface area contributed by atoms with Gasteiger partial charge in [0, 0.05) is 38.8 Å². The largest absolute Gasteiger partial charge is 0.477 e. The molecular formula is C34H57N5O24. The van der Waals surface area contributed by atoms with Crippen molar-refractivity contribution in [1.82, 2.24) is 10.6 Å². The third-order valence-corrected chi connectivity index (χ3v) is 10.6. The summed E-state index contributed by atoms with van der Waals surface area (Å²) < 4.78 is 51.7. The molecule has 0 aromatic carbocycles. The zero-order valence-electron chi connectivity index (χ0n) is 34.1. The molecule has 14 N–H and O–H groups in total. The van der Waals surface area contributed by atoms with Gasteiger partial charge in [0.1, 0.15) is 91.5 Å². The smallest absolute Gasteiger partial charge is 0.364 e. The second-order valence-electron chi connectivity index (χ2n) is 15.1. The summed E-state index contributed by atoms with van der Waals surface area (Å²) in [5.74, 6) is -6.73. The Labute approximate surface area is 357 Å². The SMILES string of the molecule is COC[C@@H]1O[C@@H](O[C@@H]2[C@@H](NC(C)=O)[C@H](OCCN=[N+]=[N-])O[C@H](CO)[C@H]2O[C@@H]2O[C@H](CO)[C@H](O)[C@H](O[C@]3(C(=O)O)C[C@H](O)[C@@H](NC(C)=O)[C@H]([C@H](O)[C@H](O)CO)O3)[C@H]2O)[C@@H](O)[C@H](O)[C@@H]1O. The minimum Gasteiger partial charge on any atom is -0.477 e. The number of hydrogen-bond donors (Lipinski definition) is 14. The number of hydrogen-bond acceptors (Lipinski definition) is 24. The summed E-state index contributed by atoms with van der Waals surface area (Å²) in [5.41, 5.74) is 8.73. The van der Waals surface area contributed by atoms with Gasteiger partial charge in [0.25, 0.3) is 5.79 Å². The van der Waals surface area contributed by atoms with Crippen molar-refractivity contribution in [2.75, 3.05) is 46.7 Å². The summed E-state index contributed by atoms with van der Waals surface area (Å²) in [5, 5.41) is 137. The van der Waals surface area contributed by atoms with Crippen molar-refractivity contribution in [3.63, 3.8) is 0 Å². The molecule has 63 heavy (non-hydrogen) atoms. The summed E-state index contributed by atoms with van der Waals surface area (Å²) in [4.78, 5) is 40.2. The monoisotopic (exact) mass is 919 g/mol. The number of nitrogens with zero attached hydrogens (tertiary/aromatic N) is 3. The fourth-order valence-electron chi connectivity index (χ4n) is 7.58. The molecular weight excluding hydrogens is 862 g/mol. The maximum Gasteiger partial charge on any atom is 0.364 e. The lowest BCUT2D eigenvalue weighted by molar-refractivity contribution is -0.391. The van der Waals surface area contributed by atoms with E-state index in [4.69, 9.17) is 48.2 Å². The van der Waals surface area contributed by atoms with Gasteiger partial charge in [-0.3, -0.25) is 9.59 Å². The van der Waals surface area contributed by atoms with E-state index in [0.717, 1.165) is 13.8 Å². The third-order valence-electron chi connectivity index (χ3n) is 10.6. The molecule has 2 amide bonds.